The molecule has 1 aliphatic carbocycles. The number of hydrogen-bond acceptors (Lipinski definition) is 3. The van der Waals surface area contributed by atoms with Gasteiger partial charge in [0.05, 0.1) is 11.5 Å². The molecular formula is C13H23NO3S. The molecule has 0 heterocycles. The first-order valence-electron chi connectivity index (χ1n) is 6.45. The summed E-state index contributed by atoms with van der Waals surface area (Å²) in [5, 5.41) is 11.4. The summed E-state index contributed by atoms with van der Waals surface area (Å²) in [4.78, 5) is 21.8. The van der Waals surface area contributed by atoms with Crippen LogP contribution >= 0.6 is 11.8 Å². The zero-order valence-electron chi connectivity index (χ0n) is 11.2. The molecular weight excluding hydrogens is 250 g/mol. The predicted octanol–water partition coefficient (Wildman–Crippen LogP) is 2.14. The lowest BCUT2D eigenvalue weighted by molar-refractivity contribution is -0.133. The first-order valence-corrected chi connectivity index (χ1v) is 7.61. The lowest BCUT2D eigenvalue weighted by Gasteiger charge is -2.34. The van der Waals surface area contributed by atoms with Crippen LogP contribution in [-0.2, 0) is 9.59 Å². The molecule has 0 aromatic carbocycles. The van der Waals surface area contributed by atoms with E-state index in [0.29, 0.717) is 11.3 Å². The fourth-order valence-electron chi connectivity index (χ4n) is 2.20. The van der Waals surface area contributed by atoms with E-state index < -0.39 is 5.97 Å². The van der Waals surface area contributed by atoms with E-state index in [1.807, 2.05) is 0 Å². The minimum atomic E-state index is -0.873. The highest BCUT2D eigenvalue weighted by Gasteiger charge is 2.26. The van der Waals surface area contributed by atoms with Crippen molar-refractivity contribution < 1.29 is 14.7 Å². The maximum Gasteiger partial charge on any atom is 0.313 e. The van der Waals surface area contributed by atoms with Crippen LogP contribution in [-0.4, -0.2) is 35.0 Å². The summed E-state index contributed by atoms with van der Waals surface area (Å²) in [7, 11) is 0. The van der Waals surface area contributed by atoms with Gasteiger partial charge in [-0.3, -0.25) is 9.59 Å². The van der Waals surface area contributed by atoms with Gasteiger partial charge < -0.3 is 10.4 Å². The topological polar surface area (TPSA) is 66.4 Å². The second-order valence-corrected chi connectivity index (χ2v) is 6.78. The van der Waals surface area contributed by atoms with Gasteiger partial charge in [-0.15, -0.1) is 11.8 Å². The fourth-order valence-corrected chi connectivity index (χ4v) is 2.77. The maximum absolute atomic E-state index is 11.5. The molecule has 0 spiro atoms. The average Bonchev–Trinajstić information content (AvgIpc) is 2.27. The molecule has 0 aromatic heterocycles. The van der Waals surface area contributed by atoms with Gasteiger partial charge in [-0.1, -0.05) is 13.8 Å². The van der Waals surface area contributed by atoms with Crippen LogP contribution in [0.4, 0.5) is 0 Å². The Kier molecular flexibility index (Phi) is 5.99. The van der Waals surface area contributed by atoms with Crippen LogP contribution in [0.15, 0.2) is 0 Å². The van der Waals surface area contributed by atoms with E-state index in [0.717, 1.165) is 18.3 Å². The van der Waals surface area contributed by atoms with Gasteiger partial charge in [0.15, 0.2) is 0 Å². The van der Waals surface area contributed by atoms with Crippen molar-refractivity contribution in [3.8, 4) is 0 Å². The number of carbonyl (C=O) groups excluding carboxylic acids is 1. The van der Waals surface area contributed by atoms with Crippen molar-refractivity contribution in [2.24, 2.45) is 11.3 Å². The summed E-state index contributed by atoms with van der Waals surface area (Å²) in [6.07, 6.45) is 4.80. The Bertz CT molecular complexity index is 295. The summed E-state index contributed by atoms with van der Waals surface area (Å²) in [6.45, 7) is 5.33. The zero-order chi connectivity index (χ0) is 13.6. The Morgan fingerprint density at radius 1 is 1.28 bits per heavy atom. The van der Waals surface area contributed by atoms with E-state index in [4.69, 9.17) is 5.11 Å². The summed E-state index contributed by atoms with van der Waals surface area (Å²) in [5.41, 5.74) is 0.456. The van der Waals surface area contributed by atoms with Crippen LogP contribution in [0.1, 0.15) is 39.5 Å². The molecule has 0 radical (unpaired) electrons. The molecule has 104 valence electrons. The van der Waals surface area contributed by atoms with Gasteiger partial charge in [-0.25, -0.2) is 0 Å². The largest absolute Gasteiger partial charge is 0.481 e. The van der Waals surface area contributed by atoms with E-state index in [-0.39, 0.29) is 17.4 Å². The van der Waals surface area contributed by atoms with Crippen molar-refractivity contribution in [3.63, 3.8) is 0 Å². The normalized spacial score (nSPS) is 19.4. The molecule has 1 aliphatic rings. The van der Waals surface area contributed by atoms with Gasteiger partial charge >= 0.3 is 5.97 Å². The highest BCUT2D eigenvalue weighted by atomic mass is 32.2. The zero-order valence-corrected chi connectivity index (χ0v) is 12.0. The minimum Gasteiger partial charge on any atom is -0.481 e. The molecule has 0 saturated heterocycles. The summed E-state index contributed by atoms with van der Waals surface area (Å²) in [6, 6.07) is 0. The number of nitrogens with one attached hydrogen (secondary N) is 1. The van der Waals surface area contributed by atoms with E-state index in [2.05, 4.69) is 19.2 Å². The quantitative estimate of drug-likeness (QED) is 0.778. The third-order valence-corrected chi connectivity index (χ3v) is 4.42. The van der Waals surface area contributed by atoms with Crippen molar-refractivity contribution in [1.82, 2.24) is 5.32 Å². The SMILES string of the molecule is CC1(C)CCC(CNC(=O)CSCC(=O)O)CC1. The number of carboxylic acid groups (broad SMARTS) is 1. The second-order valence-electron chi connectivity index (χ2n) is 5.80. The molecule has 2 N–H and O–H groups in total. The van der Waals surface area contributed by atoms with E-state index in [1.165, 1.54) is 25.7 Å². The Labute approximate surface area is 113 Å². The van der Waals surface area contributed by atoms with Crippen molar-refractivity contribution >= 4 is 23.6 Å². The molecule has 0 aromatic rings. The lowest BCUT2D eigenvalue weighted by Crippen LogP contribution is -2.33. The van der Waals surface area contributed by atoms with E-state index in [9.17, 15) is 9.59 Å². The van der Waals surface area contributed by atoms with Crippen LogP contribution in [0.2, 0.25) is 0 Å². The highest BCUT2D eigenvalue weighted by molar-refractivity contribution is 8.00. The first-order chi connectivity index (χ1) is 8.39. The van der Waals surface area contributed by atoms with Gasteiger partial charge in [0.1, 0.15) is 0 Å². The van der Waals surface area contributed by atoms with Crippen molar-refractivity contribution in [3.05, 3.63) is 0 Å². The van der Waals surface area contributed by atoms with Gasteiger partial charge in [0.25, 0.3) is 0 Å². The number of thioether (sulfide) groups is 1. The first kappa shape index (κ1) is 15.3. The third kappa shape index (κ3) is 6.28. The Morgan fingerprint density at radius 2 is 1.89 bits per heavy atom. The Balaban J connectivity index is 2.10. The van der Waals surface area contributed by atoms with Gasteiger partial charge in [-0.2, -0.15) is 0 Å². The molecule has 18 heavy (non-hydrogen) atoms. The Morgan fingerprint density at radius 3 is 2.44 bits per heavy atom. The smallest absolute Gasteiger partial charge is 0.313 e. The van der Waals surface area contributed by atoms with Gasteiger partial charge in [0, 0.05) is 6.54 Å². The molecule has 1 fully saturated rings. The monoisotopic (exact) mass is 273 g/mol. The summed E-state index contributed by atoms with van der Waals surface area (Å²) < 4.78 is 0. The minimum absolute atomic E-state index is 0.00889. The van der Waals surface area contributed by atoms with Crippen LogP contribution in [0.3, 0.4) is 0 Å². The molecule has 0 atom stereocenters. The Hall–Kier alpha value is -0.710. The molecule has 0 unspecified atom stereocenters. The maximum atomic E-state index is 11.5. The number of aliphatic carboxylic acids is 1. The third-order valence-electron chi connectivity index (χ3n) is 3.51. The lowest BCUT2D eigenvalue weighted by atomic mass is 9.73. The van der Waals surface area contributed by atoms with Crippen molar-refractivity contribution in [2.75, 3.05) is 18.1 Å². The number of hydrogen-bond donors (Lipinski definition) is 2. The molecule has 1 saturated carbocycles. The molecule has 0 bridgehead atoms. The molecule has 0 aliphatic heterocycles. The fraction of sp³-hybridized carbons (Fsp3) is 0.846. The van der Waals surface area contributed by atoms with Crippen LogP contribution in [0.25, 0.3) is 0 Å². The highest BCUT2D eigenvalue weighted by Crippen LogP contribution is 2.37. The van der Waals surface area contributed by atoms with Gasteiger partial charge in [-0.05, 0) is 37.0 Å². The summed E-state index contributed by atoms with van der Waals surface area (Å²) in [5.74, 6) is -0.102. The average molecular weight is 273 g/mol. The summed E-state index contributed by atoms with van der Waals surface area (Å²) >= 11 is 1.14. The van der Waals surface area contributed by atoms with Gasteiger partial charge in [0.2, 0.25) is 5.91 Å². The van der Waals surface area contributed by atoms with Crippen molar-refractivity contribution in [2.45, 2.75) is 39.5 Å². The standard InChI is InChI=1S/C13H23NO3S/c1-13(2)5-3-10(4-6-13)7-14-11(15)8-18-9-12(16)17/h10H,3-9H2,1-2H3,(H,14,15)(H,16,17). The van der Waals surface area contributed by atoms with E-state index >= 15 is 0 Å². The number of carbonyl (C=O) groups is 2. The predicted molar refractivity (Wildman–Crippen MR) is 73.7 cm³/mol. The number of carboxylic acids is 1. The molecule has 4 nitrogen and oxygen atoms in total. The number of amides is 1. The van der Waals surface area contributed by atoms with Crippen LogP contribution < -0.4 is 5.32 Å². The molecule has 1 rings (SSSR count). The van der Waals surface area contributed by atoms with E-state index in [1.54, 1.807) is 0 Å². The van der Waals surface area contributed by atoms with Crippen LogP contribution in [0.5, 0.6) is 0 Å². The molecule has 1 amide bonds. The number of rotatable bonds is 6. The van der Waals surface area contributed by atoms with Crippen LogP contribution in [0, 0.1) is 11.3 Å². The molecule has 5 heteroatoms. The second kappa shape index (κ2) is 7.02. The van der Waals surface area contributed by atoms with Crippen molar-refractivity contribution in [1.29, 1.82) is 0 Å².